The molecule has 1 aromatic carbocycles. The Kier molecular flexibility index (Phi) is 7.98. The number of carboxylic acids is 1. The zero-order chi connectivity index (χ0) is 19.9. The number of hydrogen-bond acceptors (Lipinski definition) is 7. The van der Waals surface area contributed by atoms with Crippen molar-refractivity contribution >= 4 is 18.4 Å². The molecule has 11 heteroatoms. The number of benzene rings is 1. The van der Waals surface area contributed by atoms with E-state index >= 15 is 0 Å². The first-order chi connectivity index (χ1) is 13.5. The Morgan fingerprint density at radius 2 is 2.17 bits per heavy atom. The molecule has 9 nitrogen and oxygen atoms in total. The maximum absolute atomic E-state index is 14.4. The number of hydrogen-bond donors (Lipinski definition) is 2. The molecule has 0 aliphatic carbocycles. The van der Waals surface area contributed by atoms with E-state index in [1.807, 2.05) is 12.1 Å². The largest absolute Gasteiger partial charge is 0.493 e. The number of nitrogens with two attached hydrogens (primary N) is 1. The standard InChI is InChI=1S/C18H19FN6O3.ClH/c19-16-9-14(28-7-5-12-2-1-6-21-10-12)3-4-15(16)18-22-24-25(23-18)11-13(20)8-17(26)27;/h1-4,6,9-10,13H,5,7-8,11,20H2,(H,26,27);1H/t13-;/m0./s1. The fourth-order valence-electron chi connectivity index (χ4n) is 2.53. The van der Waals surface area contributed by atoms with Crippen molar-refractivity contribution in [3.63, 3.8) is 0 Å². The second kappa shape index (κ2) is 10.4. The third kappa shape index (κ3) is 6.47. The molecule has 3 N–H and O–H groups in total. The van der Waals surface area contributed by atoms with Crippen LogP contribution in [0, 0.1) is 5.82 Å². The zero-order valence-corrected chi connectivity index (χ0v) is 16.1. The Morgan fingerprint density at radius 1 is 1.34 bits per heavy atom. The van der Waals surface area contributed by atoms with Gasteiger partial charge in [-0.1, -0.05) is 6.07 Å². The van der Waals surface area contributed by atoms with E-state index in [0.29, 0.717) is 18.8 Å². The van der Waals surface area contributed by atoms with Gasteiger partial charge in [-0.3, -0.25) is 9.78 Å². The second-order valence-corrected chi connectivity index (χ2v) is 6.13. The summed E-state index contributed by atoms with van der Waals surface area (Å²) in [7, 11) is 0. The van der Waals surface area contributed by atoms with Gasteiger partial charge in [-0.2, -0.15) is 4.80 Å². The number of tetrazole rings is 1. The molecule has 2 heterocycles. The van der Waals surface area contributed by atoms with Gasteiger partial charge in [-0.25, -0.2) is 4.39 Å². The summed E-state index contributed by atoms with van der Waals surface area (Å²) in [5.74, 6) is -1.09. The summed E-state index contributed by atoms with van der Waals surface area (Å²) in [6.45, 7) is 0.455. The summed E-state index contributed by atoms with van der Waals surface area (Å²) in [6.07, 6.45) is 3.88. The first-order valence-corrected chi connectivity index (χ1v) is 8.58. The summed E-state index contributed by atoms with van der Waals surface area (Å²) in [4.78, 5) is 15.8. The summed E-state index contributed by atoms with van der Waals surface area (Å²) in [6, 6.07) is 7.51. The molecule has 0 fully saturated rings. The molecule has 0 aliphatic heterocycles. The first kappa shape index (κ1) is 22.2. The number of pyridine rings is 1. The maximum Gasteiger partial charge on any atom is 0.304 e. The Hall–Kier alpha value is -3.11. The highest BCUT2D eigenvalue weighted by molar-refractivity contribution is 5.85. The van der Waals surface area contributed by atoms with Crippen LogP contribution in [-0.4, -0.2) is 48.9 Å². The molecule has 0 bridgehead atoms. The first-order valence-electron chi connectivity index (χ1n) is 8.58. The van der Waals surface area contributed by atoms with Gasteiger partial charge in [0.1, 0.15) is 11.6 Å². The van der Waals surface area contributed by atoms with E-state index in [1.165, 1.54) is 12.1 Å². The fraction of sp³-hybridized carbons (Fsp3) is 0.278. The molecule has 1 atom stereocenters. The van der Waals surface area contributed by atoms with Crippen molar-refractivity contribution < 1.29 is 19.0 Å². The van der Waals surface area contributed by atoms with Crippen LogP contribution in [-0.2, 0) is 17.8 Å². The van der Waals surface area contributed by atoms with E-state index < -0.39 is 17.8 Å². The maximum atomic E-state index is 14.4. The van der Waals surface area contributed by atoms with Crippen LogP contribution in [0.3, 0.4) is 0 Å². The van der Waals surface area contributed by atoms with Gasteiger partial charge in [0.15, 0.2) is 0 Å². The number of ether oxygens (including phenoxy) is 1. The number of aliphatic carboxylic acids is 1. The lowest BCUT2D eigenvalue weighted by Crippen LogP contribution is -2.30. The molecule has 0 saturated carbocycles. The molecule has 3 aromatic rings. The molecule has 154 valence electrons. The Balaban J connectivity index is 0.00000300. The summed E-state index contributed by atoms with van der Waals surface area (Å²) in [5.41, 5.74) is 6.88. The number of carboxylic acid groups (broad SMARTS) is 1. The highest BCUT2D eigenvalue weighted by Gasteiger charge is 2.15. The van der Waals surface area contributed by atoms with Crippen molar-refractivity contribution in [3.05, 3.63) is 54.1 Å². The lowest BCUT2D eigenvalue weighted by molar-refractivity contribution is -0.137. The van der Waals surface area contributed by atoms with E-state index in [9.17, 15) is 9.18 Å². The minimum Gasteiger partial charge on any atom is -0.493 e. The molecule has 29 heavy (non-hydrogen) atoms. The molecule has 0 radical (unpaired) electrons. The van der Waals surface area contributed by atoms with Crippen molar-refractivity contribution in [1.82, 2.24) is 25.2 Å². The lowest BCUT2D eigenvalue weighted by atomic mass is 10.2. The van der Waals surface area contributed by atoms with Crippen molar-refractivity contribution in [3.8, 4) is 17.1 Å². The van der Waals surface area contributed by atoms with E-state index in [0.717, 1.165) is 10.4 Å². The van der Waals surface area contributed by atoms with Gasteiger partial charge in [0.05, 0.1) is 25.1 Å². The second-order valence-electron chi connectivity index (χ2n) is 6.13. The molecule has 3 rings (SSSR count). The van der Waals surface area contributed by atoms with Crippen molar-refractivity contribution in [2.24, 2.45) is 5.73 Å². The van der Waals surface area contributed by atoms with E-state index in [2.05, 4.69) is 20.4 Å². The van der Waals surface area contributed by atoms with Crippen LogP contribution in [0.1, 0.15) is 12.0 Å². The van der Waals surface area contributed by atoms with Gasteiger partial charge in [0, 0.05) is 30.9 Å². The highest BCUT2D eigenvalue weighted by atomic mass is 35.5. The zero-order valence-electron chi connectivity index (χ0n) is 15.3. The molecule has 0 saturated heterocycles. The highest BCUT2D eigenvalue weighted by Crippen LogP contribution is 2.23. The van der Waals surface area contributed by atoms with Gasteiger partial charge in [0.2, 0.25) is 5.82 Å². The van der Waals surface area contributed by atoms with Crippen molar-refractivity contribution in [2.75, 3.05) is 6.61 Å². The minimum atomic E-state index is -1.02. The van der Waals surface area contributed by atoms with E-state index in [4.69, 9.17) is 15.6 Å². The van der Waals surface area contributed by atoms with Gasteiger partial charge in [-0.05, 0) is 29.0 Å². The molecule has 0 amide bonds. The smallest absolute Gasteiger partial charge is 0.304 e. The lowest BCUT2D eigenvalue weighted by Gasteiger charge is -2.07. The predicted octanol–water partition coefficient (Wildman–Crippen LogP) is 1.72. The normalized spacial score (nSPS) is 11.5. The van der Waals surface area contributed by atoms with Crippen LogP contribution >= 0.6 is 12.4 Å². The van der Waals surface area contributed by atoms with Crippen molar-refractivity contribution in [1.29, 1.82) is 0 Å². The van der Waals surface area contributed by atoms with Gasteiger partial charge < -0.3 is 15.6 Å². The van der Waals surface area contributed by atoms with Crippen molar-refractivity contribution in [2.45, 2.75) is 25.4 Å². The number of carbonyl (C=O) groups is 1. The van der Waals surface area contributed by atoms with Gasteiger partial charge in [0.25, 0.3) is 0 Å². The number of halogens is 2. The molecule has 0 spiro atoms. The Morgan fingerprint density at radius 3 is 2.86 bits per heavy atom. The monoisotopic (exact) mass is 422 g/mol. The minimum absolute atomic E-state index is 0. The van der Waals surface area contributed by atoms with Gasteiger partial charge >= 0.3 is 5.97 Å². The molecule has 0 unspecified atom stereocenters. The predicted molar refractivity (Wildman–Crippen MR) is 104 cm³/mol. The van der Waals surface area contributed by atoms with Crippen LogP contribution in [0.15, 0.2) is 42.7 Å². The summed E-state index contributed by atoms with van der Waals surface area (Å²) < 4.78 is 20.0. The van der Waals surface area contributed by atoms with E-state index in [-0.39, 0.29) is 36.8 Å². The number of nitrogens with zero attached hydrogens (tertiary/aromatic N) is 5. The quantitative estimate of drug-likeness (QED) is 0.533. The summed E-state index contributed by atoms with van der Waals surface area (Å²) in [5, 5.41) is 20.4. The van der Waals surface area contributed by atoms with Crippen LogP contribution in [0.4, 0.5) is 4.39 Å². The van der Waals surface area contributed by atoms with Crippen LogP contribution in [0.5, 0.6) is 5.75 Å². The van der Waals surface area contributed by atoms with Crippen LogP contribution < -0.4 is 10.5 Å². The average molecular weight is 423 g/mol. The molecule has 2 aromatic heterocycles. The van der Waals surface area contributed by atoms with Crippen LogP contribution in [0.25, 0.3) is 11.4 Å². The SMILES string of the molecule is Cl.N[C@@H](CC(=O)O)Cn1nnc(-c2ccc(OCCc3cccnc3)cc2F)n1. The van der Waals surface area contributed by atoms with Crippen LogP contribution in [0.2, 0.25) is 0 Å². The molecular formula is C18H20ClFN6O3. The number of rotatable bonds is 9. The topological polar surface area (TPSA) is 129 Å². The van der Waals surface area contributed by atoms with E-state index in [1.54, 1.807) is 18.5 Å². The molecular weight excluding hydrogens is 403 g/mol. The Bertz CT molecular complexity index is 940. The van der Waals surface area contributed by atoms with Gasteiger partial charge in [-0.15, -0.1) is 22.6 Å². The third-order valence-corrected chi connectivity index (χ3v) is 3.85. The summed E-state index contributed by atoms with van der Waals surface area (Å²) >= 11 is 0. The fourth-order valence-corrected chi connectivity index (χ4v) is 2.53. The third-order valence-electron chi connectivity index (χ3n) is 3.85. The average Bonchev–Trinajstić information content (AvgIpc) is 3.10. The molecule has 0 aliphatic rings. The Labute approximate surface area is 172 Å². The number of aromatic nitrogens is 5.